The number of allylic oxidation sites excluding steroid dienone is 1. The molecule has 1 aliphatic carbocycles. The predicted molar refractivity (Wildman–Crippen MR) is 101 cm³/mol. The molecule has 0 N–H and O–H groups in total. The molecule has 1 heterocycles. The fraction of sp³-hybridized carbons (Fsp3) is 0.571. The highest BCUT2D eigenvalue weighted by Crippen LogP contribution is 2.20. The third-order valence-corrected chi connectivity index (χ3v) is 5.19. The van der Waals surface area contributed by atoms with Crippen molar-refractivity contribution in [2.75, 3.05) is 39.3 Å². The quantitative estimate of drug-likeness (QED) is 0.711. The van der Waals surface area contributed by atoms with Crippen LogP contribution in [0.25, 0.3) is 0 Å². The minimum atomic E-state index is 0.213. The highest BCUT2D eigenvalue weighted by molar-refractivity contribution is 5.76. The molecule has 4 nitrogen and oxygen atoms in total. The molecule has 25 heavy (non-hydrogen) atoms. The molecular formula is C21H30N2O2. The Morgan fingerprint density at radius 1 is 1.04 bits per heavy atom. The molecule has 1 aliphatic heterocycles. The third kappa shape index (κ3) is 5.89. The molecule has 4 heteroatoms. The monoisotopic (exact) mass is 342 g/mol. The van der Waals surface area contributed by atoms with Crippen molar-refractivity contribution in [2.45, 2.75) is 38.5 Å². The molecule has 0 unspecified atom stereocenters. The molecule has 0 spiro atoms. The zero-order chi connectivity index (χ0) is 17.3. The minimum Gasteiger partial charge on any atom is -0.493 e. The van der Waals surface area contributed by atoms with Gasteiger partial charge >= 0.3 is 0 Å². The van der Waals surface area contributed by atoms with Crippen LogP contribution in [0.5, 0.6) is 5.75 Å². The van der Waals surface area contributed by atoms with Crippen molar-refractivity contribution in [3.05, 3.63) is 42.0 Å². The zero-order valence-electron chi connectivity index (χ0n) is 15.2. The highest BCUT2D eigenvalue weighted by Gasteiger charge is 2.21. The molecule has 0 aromatic heterocycles. The maximum atomic E-state index is 12.3. The number of para-hydroxylation sites is 1. The Kier molecular flexibility index (Phi) is 6.92. The lowest BCUT2D eigenvalue weighted by molar-refractivity contribution is -0.133. The molecule has 136 valence electrons. The number of carbonyl (C=O) groups excluding carboxylic acids is 1. The lowest BCUT2D eigenvalue weighted by Crippen LogP contribution is -2.49. The van der Waals surface area contributed by atoms with E-state index in [0.29, 0.717) is 13.0 Å². The smallest absolute Gasteiger partial charge is 0.226 e. The van der Waals surface area contributed by atoms with Gasteiger partial charge in [0.05, 0.1) is 13.0 Å². The van der Waals surface area contributed by atoms with Gasteiger partial charge in [-0.05, 0) is 44.2 Å². The summed E-state index contributed by atoms with van der Waals surface area (Å²) in [6.45, 7) is 5.30. The Bertz CT molecular complexity index is 563. The van der Waals surface area contributed by atoms with Crippen molar-refractivity contribution in [3.8, 4) is 5.75 Å². The maximum absolute atomic E-state index is 12.3. The van der Waals surface area contributed by atoms with E-state index in [9.17, 15) is 4.79 Å². The first-order valence-corrected chi connectivity index (χ1v) is 9.67. The fourth-order valence-electron chi connectivity index (χ4n) is 3.59. The van der Waals surface area contributed by atoms with Crippen LogP contribution >= 0.6 is 0 Å². The molecule has 1 amide bonds. The summed E-state index contributed by atoms with van der Waals surface area (Å²) in [5.41, 5.74) is 1.64. The number of hydrogen-bond donors (Lipinski definition) is 0. The van der Waals surface area contributed by atoms with E-state index in [-0.39, 0.29) is 5.91 Å². The second-order valence-corrected chi connectivity index (χ2v) is 6.99. The molecule has 1 saturated heterocycles. The van der Waals surface area contributed by atoms with Gasteiger partial charge in [-0.25, -0.2) is 0 Å². The summed E-state index contributed by atoms with van der Waals surface area (Å²) in [6, 6.07) is 9.69. The highest BCUT2D eigenvalue weighted by atomic mass is 16.5. The van der Waals surface area contributed by atoms with E-state index in [0.717, 1.165) is 38.5 Å². The first-order chi connectivity index (χ1) is 12.3. The Morgan fingerprint density at radius 3 is 2.56 bits per heavy atom. The van der Waals surface area contributed by atoms with Gasteiger partial charge in [0, 0.05) is 32.7 Å². The summed E-state index contributed by atoms with van der Waals surface area (Å²) in [7, 11) is 0. The second-order valence-electron chi connectivity index (χ2n) is 6.99. The van der Waals surface area contributed by atoms with Crippen LogP contribution < -0.4 is 4.74 Å². The summed E-state index contributed by atoms with van der Waals surface area (Å²) in [6.07, 6.45) is 9.39. The van der Waals surface area contributed by atoms with E-state index in [2.05, 4.69) is 11.0 Å². The number of ether oxygens (including phenoxy) is 1. The number of piperazine rings is 1. The van der Waals surface area contributed by atoms with Gasteiger partial charge in [0.2, 0.25) is 5.91 Å². The number of benzene rings is 1. The molecule has 0 radical (unpaired) electrons. The van der Waals surface area contributed by atoms with Gasteiger partial charge in [0.15, 0.2) is 0 Å². The number of rotatable bonds is 7. The van der Waals surface area contributed by atoms with E-state index in [1.165, 1.54) is 32.1 Å². The lowest BCUT2D eigenvalue weighted by Gasteiger charge is -2.35. The van der Waals surface area contributed by atoms with Crippen molar-refractivity contribution in [1.82, 2.24) is 9.80 Å². The fourth-order valence-corrected chi connectivity index (χ4v) is 3.59. The normalized spacial score (nSPS) is 18.7. The SMILES string of the molecule is O=C(CCOc1ccccc1)N1CCN(CCC2=CCCCC2)CC1. The van der Waals surface area contributed by atoms with Crippen LogP contribution in [-0.2, 0) is 4.79 Å². The largest absolute Gasteiger partial charge is 0.493 e. The van der Waals surface area contributed by atoms with E-state index in [1.807, 2.05) is 35.2 Å². The van der Waals surface area contributed by atoms with Gasteiger partial charge in [-0.2, -0.15) is 0 Å². The van der Waals surface area contributed by atoms with Crippen LogP contribution in [0.4, 0.5) is 0 Å². The summed E-state index contributed by atoms with van der Waals surface area (Å²) in [5.74, 6) is 1.04. The first kappa shape index (κ1) is 18.0. The Morgan fingerprint density at radius 2 is 1.84 bits per heavy atom. The van der Waals surface area contributed by atoms with Crippen molar-refractivity contribution in [3.63, 3.8) is 0 Å². The van der Waals surface area contributed by atoms with Crippen LogP contribution in [0, 0.1) is 0 Å². The summed E-state index contributed by atoms with van der Waals surface area (Å²) < 4.78 is 5.63. The molecule has 3 rings (SSSR count). The van der Waals surface area contributed by atoms with Crippen molar-refractivity contribution < 1.29 is 9.53 Å². The number of nitrogens with zero attached hydrogens (tertiary/aromatic N) is 2. The van der Waals surface area contributed by atoms with Crippen LogP contribution in [-0.4, -0.2) is 55.0 Å². The number of hydrogen-bond acceptors (Lipinski definition) is 3. The Balaban J connectivity index is 1.31. The molecule has 1 aromatic rings. The van der Waals surface area contributed by atoms with Crippen LogP contribution in [0.3, 0.4) is 0 Å². The molecule has 0 saturated carbocycles. The Labute approximate surface area is 151 Å². The van der Waals surface area contributed by atoms with Gasteiger partial charge in [-0.1, -0.05) is 29.8 Å². The maximum Gasteiger partial charge on any atom is 0.226 e. The standard InChI is InChI=1S/C21H30N2O2/c24-21(12-18-25-20-9-5-2-6-10-20)23-16-14-22(15-17-23)13-11-19-7-3-1-4-8-19/h2,5-7,9-10H,1,3-4,8,11-18H2. The summed E-state index contributed by atoms with van der Waals surface area (Å²) in [5, 5.41) is 0. The molecule has 1 aromatic carbocycles. The van der Waals surface area contributed by atoms with Gasteiger partial charge in [0.25, 0.3) is 0 Å². The van der Waals surface area contributed by atoms with Crippen molar-refractivity contribution in [2.24, 2.45) is 0 Å². The predicted octanol–water partition coefficient (Wildman–Crippen LogP) is 3.49. The van der Waals surface area contributed by atoms with Crippen LogP contribution in [0.15, 0.2) is 42.0 Å². The van der Waals surface area contributed by atoms with Gasteiger partial charge in [0.1, 0.15) is 5.75 Å². The van der Waals surface area contributed by atoms with Crippen molar-refractivity contribution in [1.29, 1.82) is 0 Å². The van der Waals surface area contributed by atoms with Gasteiger partial charge < -0.3 is 9.64 Å². The summed E-state index contributed by atoms with van der Waals surface area (Å²) >= 11 is 0. The average molecular weight is 342 g/mol. The molecule has 1 fully saturated rings. The Hall–Kier alpha value is -1.81. The van der Waals surface area contributed by atoms with E-state index in [4.69, 9.17) is 4.74 Å². The third-order valence-electron chi connectivity index (χ3n) is 5.19. The van der Waals surface area contributed by atoms with Gasteiger partial charge in [-0.15, -0.1) is 0 Å². The van der Waals surface area contributed by atoms with Crippen molar-refractivity contribution >= 4 is 5.91 Å². The second kappa shape index (κ2) is 9.62. The van der Waals surface area contributed by atoms with Crippen LogP contribution in [0.1, 0.15) is 38.5 Å². The molecule has 0 bridgehead atoms. The average Bonchev–Trinajstić information content (AvgIpc) is 2.68. The topological polar surface area (TPSA) is 32.8 Å². The number of carbonyl (C=O) groups is 1. The minimum absolute atomic E-state index is 0.213. The van der Waals surface area contributed by atoms with Gasteiger partial charge in [-0.3, -0.25) is 9.69 Å². The molecule has 2 aliphatic rings. The molecular weight excluding hydrogens is 312 g/mol. The van der Waals surface area contributed by atoms with Crippen LogP contribution in [0.2, 0.25) is 0 Å². The number of amides is 1. The van der Waals surface area contributed by atoms with E-state index >= 15 is 0 Å². The molecule has 0 atom stereocenters. The zero-order valence-corrected chi connectivity index (χ0v) is 15.2. The lowest BCUT2D eigenvalue weighted by atomic mass is 9.97. The summed E-state index contributed by atoms with van der Waals surface area (Å²) in [4.78, 5) is 16.8. The van der Waals surface area contributed by atoms with E-state index in [1.54, 1.807) is 5.57 Å². The van der Waals surface area contributed by atoms with E-state index < -0.39 is 0 Å². The first-order valence-electron chi connectivity index (χ1n) is 9.67.